The molecule has 0 heterocycles. The average molecular weight is 237 g/mol. The Morgan fingerprint density at radius 3 is 2.71 bits per heavy atom. The molecule has 0 aliphatic heterocycles. The van der Waals surface area contributed by atoms with Crippen LogP contribution in [0.2, 0.25) is 0 Å². The summed E-state index contributed by atoms with van der Waals surface area (Å²) in [6.07, 6.45) is 3.14. The van der Waals surface area contributed by atoms with Gasteiger partial charge in [-0.2, -0.15) is 0 Å². The number of ether oxygens (including phenoxy) is 1. The number of rotatable bonds is 5. The third-order valence-electron chi connectivity index (χ3n) is 3.57. The molecule has 0 amide bonds. The molecule has 1 fully saturated rings. The molecule has 4 nitrogen and oxygen atoms in total. The lowest BCUT2D eigenvalue weighted by Crippen LogP contribution is -2.53. The van der Waals surface area contributed by atoms with E-state index in [2.05, 4.69) is 5.32 Å². The van der Waals surface area contributed by atoms with Gasteiger partial charge in [-0.1, -0.05) is 12.1 Å². The number of phenolic OH excluding ortho intramolecular Hbond substituents is 1. The summed E-state index contributed by atoms with van der Waals surface area (Å²) in [5.74, 6) is 0.658. The lowest BCUT2D eigenvalue weighted by Gasteiger charge is -2.41. The van der Waals surface area contributed by atoms with Crippen molar-refractivity contribution in [1.82, 2.24) is 5.32 Å². The van der Waals surface area contributed by atoms with Gasteiger partial charge in [-0.15, -0.1) is 0 Å². The number of aliphatic hydroxyl groups excluding tert-OH is 1. The Balaban J connectivity index is 2.04. The molecular formula is C13H19NO3. The van der Waals surface area contributed by atoms with Crippen LogP contribution < -0.4 is 10.1 Å². The summed E-state index contributed by atoms with van der Waals surface area (Å²) in [6, 6.07) is 5.43. The summed E-state index contributed by atoms with van der Waals surface area (Å²) >= 11 is 0. The van der Waals surface area contributed by atoms with Gasteiger partial charge < -0.3 is 20.3 Å². The molecule has 4 heteroatoms. The second-order valence-electron chi connectivity index (χ2n) is 4.61. The van der Waals surface area contributed by atoms with Gasteiger partial charge in [0, 0.05) is 17.6 Å². The summed E-state index contributed by atoms with van der Waals surface area (Å²) in [4.78, 5) is 0. The largest absolute Gasteiger partial charge is 0.504 e. The van der Waals surface area contributed by atoms with Crippen LogP contribution in [0.5, 0.6) is 11.5 Å². The highest BCUT2D eigenvalue weighted by atomic mass is 16.5. The smallest absolute Gasteiger partial charge is 0.162 e. The number of methoxy groups -OCH3 is 1. The first-order chi connectivity index (χ1) is 8.21. The molecule has 0 spiro atoms. The number of benzene rings is 1. The van der Waals surface area contributed by atoms with E-state index in [1.807, 2.05) is 12.1 Å². The average Bonchev–Trinajstić information content (AvgIpc) is 2.30. The molecule has 1 aromatic rings. The molecule has 0 radical (unpaired) electrons. The van der Waals surface area contributed by atoms with Crippen molar-refractivity contribution in [2.45, 2.75) is 31.3 Å². The van der Waals surface area contributed by atoms with Crippen molar-refractivity contribution in [3.05, 3.63) is 23.8 Å². The van der Waals surface area contributed by atoms with E-state index in [4.69, 9.17) is 4.74 Å². The minimum absolute atomic E-state index is 0.143. The van der Waals surface area contributed by atoms with Crippen LogP contribution in [0.4, 0.5) is 0 Å². The lowest BCUT2D eigenvalue weighted by molar-refractivity contribution is 0.0869. The van der Waals surface area contributed by atoms with Crippen LogP contribution in [-0.4, -0.2) is 29.5 Å². The lowest BCUT2D eigenvalue weighted by atomic mass is 9.77. The fourth-order valence-corrected chi connectivity index (χ4v) is 2.15. The van der Waals surface area contributed by atoms with Crippen LogP contribution in [0, 0.1) is 0 Å². The Kier molecular flexibility index (Phi) is 3.54. The molecule has 1 aliphatic carbocycles. The number of aliphatic hydroxyl groups is 1. The number of hydrogen-bond donors (Lipinski definition) is 3. The molecule has 0 atom stereocenters. The van der Waals surface area contributed by atoms with Gasteiger partial charge in [-0.25, -0.2) is 0 Å². The summed E-state index contributed by atoms with van der Waals surface area (Å²) in [6.45, 7) is 0.696. The Labute approximate surface area is 101 Å². The summed E-state index contributed by atoms with van der Waals surface area (Å²) < 4.78 is 5.06. The van der Waals surface area contributed by atoms with E-state index in [0.29, 0.717) is 12.3 Å². The number of aromatic hydroxyl groups is 1. The molecular weight excluding hydrogens is 218 g/mol. The van der Waals surface area contributed by atoms with E-state index in [1.165, 1.54) is 7.11 Å². The maximum absolute atomic E-state index is 9.92. The normalized spacial score (nSPS) is 17.5. The van der Waals surface area contributed by atoms with Crippen molar-refractivity contribution in [3.63, 3.8) is 0 Å². The van der Waals surface area contributed by atoms with Crippen molar-refractivity contribution in [2.75, 3.05) is 13.7 Å². The molecule has 0 aromatic heterocycles. The summed E-state index contributed by atoms with van der Waals surface area (Å²) in [7, 11) is 1.54. The van der Waals surface area contributed by atoms with Crippen molar-refractivity contribution >= 4 is 0 Å². The first-order valence-corrected chi connectivity index (χ1v) is 5.91. The maximum atomic E-state index is 9.92. The van der Waals surface area contributed by atoms with Gasteiger partial charge in [-0.05, 0) is 25.3 Å². The van der Waals surface area contributed by atoms with Gasteiger partial charge >= 0.3 is 0 Å². The number of phenols is 1. The van der Waals surface area contributed by atoms with E-state index in [1.54, 1.807) is 6.07 Å². The molecule has 1 saturated carbocycles. The molecule has 0 saturated heterocycles. The van der Waals surface area contributed by atoms with Gasteiger partial charge in [0.15, 0.2) is 11.5 Å². The minimum atomic E-state index is -0.143. The molecule has 1 aliphatic rings. The van der Waals surface area contributed by atoms with Gasteiger partial charge in [0.25, 0.3) is 0 Å². The fraction of sp³-hybridized carbons (Fsp3) is 0.538. The SMILES string of the molecule is COc1cccc(CNC2(CO)CCC2)c1O. The topological polar surface area (TPSA) is 61.7 Å². The zero-order valence-electron chi connectivity index (χ0n) is 10.1. The quantitative estimate of drug-likeness (QED) is 0.724. The third kappa shape index (κ3) is 2.37. The third-order valence-corrected chi connectivity index (χ3v) is 3.57. The molecule has 0 bridgehead atoms. The van der Waals surface area contributed by atoms with Gasteiger partial charge in [0.05, 0.1) is 13.7 Å². The maximum Gasteiger partial charge on any atom is 0.162 e. The minimum Gasteiger partial charge on any atom is -0.504 e. The zero-order valence-corrected chi connectivity index (χ0v) is 10.1. The van der Waals surface area contributed by atoms with E-state index in [0.717, 1.165) is 24.8 Å². The monoisotopic (exact) mass is 237 g/mol. The van der Waals surface area contributed by atoms with E-state index in [-0.39, 0.29) is 17.9 Å². The molecule has 0 unspecified atom stereocenters. The van der Waals surface area contributed by atoms with Gasteiger partial charge in [0.1, 0.15) is 0 Å². The molecule has 3 N–H and O–H groups in total. The standard InChI is InChI=1S/C13H19NO3/c1-17-11-5-2-4-10(12(11)16)8-14-13(9-15)6-3-7-13/h2,4-5,14-16H,3,6-9H2,1H3. The Morgan fingerprint density at radius 2 is 2.18 bits per heavy atom. The van der Waals surface area contributed by atoms with Crippen molar-refractivity contribution in [2.24, 2.45) is 0 Å². The van der Waals surface area contributed by atoms with Gasteiger partial charge in [0.2, 0.25) is 0 Å². The Morgan fingerprint density at radius 1 is 1.41 bits per heavy atom. The molecule has 1 aromatic carbocycles. The van der Waals surface area contributed by atoms with E-state index in [9.17, 15) is 10.2 Å². The fourth-order valence-electron chi connectivity index (χ4n) is 2.15. The molecule has 2 rings (SSSR count). The predicted molar refractivity (Wildman–Crippen MR) is 65.2 cm³/mol. The van der Waals surface area contributed by atoms with Crippen LogP contribution in [0.15, 0.2) is 18.2 Å². The van der Waals surface area contributed by atoms with E-state index < -0.39 is 0 Å². The van der Waals surface area contributed by atoms with E-state index >= 15 is 0 Å². The summed E-state index contributed by atoms with van der Waals surface area (Å²) in [5.41, 5.74) is 0.652. The van der Waals surface area contributed by atoms with Crippen LogP contribution >= 0.6 is 0 Å². The van der Waals surface area contributed by atoms with Crippen molar-refractivity contribution in [3.8, 4) is 11.5 Å². The number of nitrogens with one attached hydrogen (secondary N) is 1. The van der Waals surface area contributed by atoms with Crippen LogP contribution in [-0.2, 0) is 6.54 Å². The molecule has 17 heavy (non-hydrogen) atoms. The van der Waals surface area contributed by atoms with Gasteiger partial charge in [-0.3, -0.25) is 0 Å². The highest BCUT2D eigenvalue weighted by Gasteiger charge is 2.35. The molecule has 94 valence electrons. The predicted octanol–water partition coefficient (Wildman–Crippen LogP) is 1.41. The Hall–Kier alpha value is -1.26. The number of hydrogen-bond acceptors (Lipinski definition) is 4. The first kappa shape index (κ1) is 12.2. The highest BCUT2D eigenvalue weighted by Crippen LogP contribution is 2.33. The first-order valence-electron chi connectivity index (χ1n) is 5.91. The van der Waals surface area contributed by atoms with Crippen LogP contribution in [0.25, 0.3) is 0 Å². The van der Waals surface area contributed by atoms with Crippen molar-refractivity contribution in [1.29, 1.82) is 0 Å². The second kappa shape index (κ2) is 4.94. The summed E-state index contributed by atoms with van der Waals surface area (Å²) in [5, 5.41) is 22.6. The van der Waals surface area contributed by atoms with Crippen molar-refractivity contribution < 1.29 is 14.9 Å². The van der Waals surface area contributed by atoms with Crippen LogP contribution in [0.3, 0.4) is 0 Å². The number of para-hydroxylation sites is 1. The highest BCUT2D eigenvalue weighted by molar-refractivity contribution is 5.45. The Bertz CT molecular complexity index is 383. The zero-order chi connectivity index (χ0) is 12.3. The van der Waals surface area contributed by atoms with Crippen LogP contribution in [0.1, 0.15) is 24.8 Å². The second-order valence-corrected chi connectivity index (χ2v) is 4.61.